The highest BCUT2D eigenvalue weighted by Crippen LogP contribution is 2.46. The van der Waals surface area contributed by atoms with Gasteiger partial charge in [-0.3, -0.25) is 0 Å². The molecule has 0 bridgehead atoms. The first-order valence-electron chi connectivity index (χ1n) is 7.21. The van der Waals surface area contributed by atoms with Gasteiger partial charge in [0.15, 0.2) is 0 Å². The van der Waals surface area contributed by atoms with Crippen LogP contribution in [0.15, 0.2) is 24.8 Å². The Morgan fingerprint density at radius 1 is 1.40 bits per heavy atom. The summed E-state index contributed by atoms with van der Waals surface area (Å²) in [5.41, 5.74) is -0.126. The molecule has 2 aliphatic rings. The minimum atomic E-state index is -1.34. The third-order valence-corrected chi connectivity index (χ3v) is 4.91. The molecular weight excluding hydrogens is 256 g/mol. The van der Waals surface area contributed by atoms with Crippen molar-refractivity contribution in [2.45, 2.75) is 70.1 Å². The molecule has 5 atom stereocenters. The molecule has 0 aromatic rings. The Morgan fingerprint density at radius 3 is 2.50 bits per heavy atom. The van der Waals surface area contributed by atoms with Gasteiger partial charge in [-0.25, -0.2) is 4.89 Å². The van der Waals surface area contributed by atoms with E-state index in [4.69, 9.17) is 14.5 Å². The molecule has 0 aliphatic carbocycles. The summed E-state index contributed by atoms with van der Waals surface area (Å²) in [5.74, 6) is -1.53. The number of hydrogen-bond acceptors (Lipinski definition) is 4. The molecule has 2 fully saturated rings. The molecule has 0 spiro atoms. The monoisotopic (exact) mass is 282 g/mol. The number of hydrogen-bond donors (Lipinski definition) is 1. The van der Waals surface area contributed by atoms with Crippen LogP contribution in [0.5, 0.6) is 0 Å². The van der Waals surface area contributed by atoms with E-state index in [1.807, 2.05) is 33.8 Å². The number of rotatable bonds is 4. The third-order valence-electron chi connectivity index (χ3n) is 4.91. The highest BCUT2D eigenvalue weighted by atomic mass is 17.2. The van der Waals surface area contributed by atoms with Crippen molar-refractivity contribution in [2.24, 2.45) is 5.92 Å². The maximum Gasteiger partial charge on any atom is 0.207 e. The fourth-order valence-corrected chi connectivity index (χ4v) is 2.85. The van der Waals surface area contributed by atoms with Gasteiger partial charge in [-0.2, -0.15) is 4.89 Å². The second kappa shape index (κ2) is 4.95. The highest BCUT2D eigenvalue weighted by molar-refractivity contribution is 5.12. The van der Waals surface area contributed by atoms with Gasteiger partial charge < -0.3 is 9.84 Å². The van der Waals surface area contributed by atoms with Gasteiger partial charge in [-0.1, -0.05) is 19.6 Å². The van der Waals surface area contributed by atoms with Crippen LogP contribution in [0.4, 0.5) is 0 Å². The molecule has 4 heteroatoms. The van der Waals surface area contributed by atoms with Gasteiger partial charge in [0.25, 0.3) is 0 Å². The molecule has 0 radical (unpaired) electrons. The molecule has 5 unspecified atom stereocenters. The van der Waals surface area contributed by atoms with Crippen LogP contribution in [-0.4, -0.2) is 28.2 Å². The van der Waals surface area contributed by atoms with E-state index in [-0.39, 0.29) is 17.6 Å². The topological polar surface area (TPSA) is 47.9 Å². The lowest BCUT2D eigenvalue weighted by Gasteiger charge is -2.32. The molecule has 0 aromatic carbocycles. The molecule has 2 rings (SSSR count). The lowest BCUT2D eigenvalue weighted by Crippen LogP contribution is -2.44. The Morgan fingerprint density at radius 2 is 2.05 bits per heavy atom. The second-order valence-corrected chi connectivity index (χ2v) is 6.70. The average Bonchev–Trinajstić information content (AvgIpc) is 2.93. The average molecular weight is 282 g/mol. The van der Waals surface area contributed by atoms with Crippen molar-refractivity contribution >= 4 is 0 Å². The van der Waals surface area contributed by atoms with Crippen molar-refractivity contribution in [1.82, 2.24) is 0 Å². The van der Waals surface area contributed by atoms with Gasteiger partial charge in [0, 0.05) is 12.3 Å². The Balaban J connectivity index is 2.09. The maximum atomic E-state index is 10.8. The predicted molar refractivity (Wildman–Crippen MR) is 76.8 cm³/mol. The van der Waals surface area contributed by atoms with E-state index in [2.05, 4.69) is 13.2 Å². The van der Waals surface area contributed by atoms with Crippen LogP contribution >= 0.6 is 0 Å². The van der Waals surface area contributed by atoms with Crippen molar-refractivity contribution in [1.29, 1.82) is 0 Å². The van der Waals surface area contributed by atoms with E-state index in [0.29, 0.717) is 6.42 Å². The highest BCUT2D eigenvalue weighted by Gasteiger charge is 2.55. The molecule has 0 amide bonds. The fourth-order valence-electron chi connectivity index (χ4n) is 2.85. The standard InChI is InChI=1S/C16H26O4/c1-7-14(5)9-8-13(18-14)12(4)16(17)10-15(6,11(2)3)19-20-16/h7,12-13,17H,1-2,8-10H2,3-6H3. The number of aliphatic hydroxyl groups is 1. The Bertz CT molecular complexity index is 421. The first-order valence-corrected chi connectivity index (χ1v) is 7.21. The quantitative estimate of drug-likeness (QED) is 0.636. The molecule has 20 heavy (non-hydrogen) atoms. The van der Waals surface area contributed by atoms with Crippen molar-refractivity contribution in [2.75, 3.05) is 0 Å². The van der Waals surface area contributed by atoms with Crippen LogP contribution in [0.3, 0.4) is 0 Å². The Labute approximate surface area is 121 Å². The summed E-state index contributed by atoms with van der Waals surface area (Å²) < 4.78 is 6.03. The smallest absolute Gasteiger partial charge is 0.207 e. The van der Waals surface area contributed by atoms with E-state index in [0.717, 1.165) is 18.4 Å². The summed E-state index contributed by atoms with van der Waals surface area (Å²) in [6.45, 7) is 15.4. The van der Waals surface area contributed by atoms with Crippen LogP contribution in [0, 0.1) is 5.92 Å². The molecule has 2 saturated heterocycles. The third kappa shape index (κ3) is 2.58. The summed E-state index contributed by atoms with van der Waals surface area (Å²) in [7, 11) is 0. The minimum Gasteiger partial charge on any atom is -0.368 e. The van der Waals surface area contributed by atoms with Gasteiger partial charge >= 0.3 is 0 Å². The summed E-state index contributed by atoms with van der Waals surface area (Å²) in [6.07, 6.45) is 3.90. The van der Waals surface area contributed by atoms with E-state index in [9.17, 15) is 5.11 Å². The molecule has 0 saturated carbocycles. The molecule has 0 aromatic heterocycles. The summed E-state index contributed by atoms with van der Waals surface area (Å²) >= 11 is 0. The molecule has 114 valence electrons. The summed E-state index contributed by atoms with van der Waals surface area (Å²) in [4.78, 5) is 10.6. The first-order chi connectivity index (χ1) is 9.14. The summed E-state index contributed by atoms with van der Waals surface area (Å²) in [5, 5.41) is 10.8. The Hall–Kier alpha value is -0.680. The largest absolute Gasteiger partial charge is 0.368 e. The lowest BCUT2D eigenvalue weighted by molar-refractivity contribution is -0.403. The predicted octanol–water partition coefficient (Wildman–Crippen LogP) is 3.12. The van der Waals surface area contributed by atoms with E-state index >= 15 is 0 Å². The van der Waals surface area contributed by atoms with Crippen LogP contribution in [-0.2, 0) is 14.5 Å². The zero-order valence-corrected chi connectivity index (χ0v) is 12.9. The SMILES string of the molecule is C=CC1(C)CCC(C(C)C2(O)CC(C)(C(=C)C)OO2)O1. The van der Waals surface area contributed by atoms with E-state index in [1.165, 1.54) is 0 Å². The summed E-state index contributed by atoms with van der Waals surface area (Å²) in [6, 6.07) is 0. The zero-order chi connectivity index (χ0) is 15.2. The molecule has 2 heterocycles. The van der Waals surface area contributed by atoms with Crippen molar-refractivity contribution in [3.63, 3.8) is 0 Å². The minimum absolute atomic E-state index is 0.0703. The van der Waals surface area contributed by atoms with E-state index < -0.39 is 11.4 Å². The van der Waals surface area contributed by atoms with Crippen molar-refractivity contribution in [3.8, 4) is 0 Å². The van der Waals surface area contributed by atoms with E-state index in [1.54, 1.807) is 0 Å². The zero-order valence-electron chi connectivity index (χ0n) is 12.9. The van der Waals surface area contributed by atoms with Gasteiger partial charge in [0.2, 0.25) is 5.79 Å². The first kappa shape index (κ1) is 15.7. The molecule has 2 aliphatic heterocycles. The number of ether oxygens (including phenoxy) is 1. The molecule has 1 N–H and O–H groups in total. The van der Waals surface area contributed by atoms with Gasteiger partial charge in [0.1, 0.15) is 5.60 Å². The van der Waals surface area contributed by atoms with Gasteiger partial charge in [-0.05, 0) is 39.2 Å². The van der Waals surface area contributed by atoms with Crippen LogP contribution in [0.25, 0.3) is 0 Å². The second-order valence-electron chi connectivity index (χ2n) is 6.70. The van der Waals surface area contributed by atoms with Crippen LogP contribution in [0.2, 0.25) is 0 Å². The fraction of sp³-hybridized carbons (Fsp3) is 0.750. The van der Waals surface area contributed by atoms with Gasteiger partial charge in [0.05, 0.1) is 11.7 Å². The van der Waals surface area contributed by atoms with Gasteiger partial charge in [-0.15, -0.1) is 6.58 Å². The molecular formula is C16H26O4. The van der Waals surface area contributed by atoms with Crippen molar-refractivity contribution < 1.29 is 19.6 Å². The molecule has 4 nitrogen and oxygen atoms in total. The van der Waals surface area contributed by atoms with Crippen LogP contribution in [0.1, 0.15) is 47.0 Å². The maximum absolute atomic E-state index is 10.8. The lowest BCUT2D eigenvalue weighted by atomic mass is 9.83. The van der Waals surface area contributed by atoms with Crippen molar-refractivity contribution in [3.05, 3.63) is 24.8 Å². The van der Waals surface area contributed by atoms with Crippen LogP contribution < -0.4 is 0 Å². The Kier molecular flexibility index (Phi) is 3.89. The normalized spacial score (nSPS) is 46.4.